The smallest absolute Gasteiger partial charge is 0.314 e. The van der Waals surface area contributed by atoms with E-state index in [1.54, 1.807) is 26.0 Å². The maximum absolute atomic E-state index is 13.7. The number of carbonyl (C=O) groups excluding carboxylic acids is 1. The van der Waals surface area contributed by atoms with Crippen molar-refractivity contribution in [1.29, 1.82) is 0 Å². The summed E-state index contributed by atoms with van der Waals surface area (Å²) in [6.07, 6.45) is -0.0837. The van der Waals surface area contributed by atoms with E-state index in [4.69, 9.17) is 9.26 Å². The van der Waals surface area contributed by atoms with Crippen LogP contribution in [0.3, 0.4) is 0 Å². The van der Waals surface area contributed by atoms with Crippen molar-refractivity contribution < 1.29 is 18.4 Å². The number of hydrogen-bond acceptors (Lipinski definition) is 5. The van der Waals surface area contributed by atoms with Crippen molar-refractivity contribution in [3.63, 3.8) is 0 Å². The van der Waals surface area contributed by atoms with Crippen LogP contribution in [0.2, 0.25) is 0 Å². The molecule has 0 saturated carbocycles. The summed E-state index contributed by atoms with van der Waals surface area (Å²) in [6.45, 7) is 5.28. The topological polar surface area (TPSA) is 65.2 Å². The van der Waals surface area contributed by atoms with Gasteiger partial charge in [0.15, 0.2) is 6.10 Å². The van der Waals surface area contributed by atoms with Crippen molar-refractivity contribution in [2.24, 2.45) is 0 Å². The summed E-state index contributed by atoms with van der Waals surface area (Å²) in [5, 5.41) is 3.86. The van der Waals surface area contributed by atoms with E-state index in [1.165, 1.54) is 6.07 Å². The first-order valence-electron chi connectivity index (χ1n) is 8.85. The highest BCUT2D eigenvalue weighted by molar-refractivity contribution is 5.78. The van der Waals surface area contributed by atoms with E-state index in [1.807, 2.05) is 37.3 Å². The van der Waals surface area contributed by atoms with Gasteiger partial charge in [0.25, 0.3) is 5.89 Å². The summed E-state index contributed by atoms with van der Waals surface area (Å²) < 4.78 is 24.5. The number of benzene rings is 2. The maximum atomic E-state index is 13.7. The van der Waals surface area contributed by atoms with Gasteiger partial charge < -0.3 is 9.26 Å². The molecular weight excluding hydrogens is 347 g/mol. The molecule has 6 heteroatoms. The van der Waals surface area contributed by atoms with Crippen LogP contribution in [0.1, 0.15) is 49.3 Å². The normalized spacial score (nSPS) is 13.2. The molecule has 1 aromatic heterocycles. The molecule has 0 N–H and O–H groups in total. The van der Waals surface area contributed by atoms with Crippen LogP contribution in [0.4, 0.5) is 4.39 Å². The van der Waals surface area contributed by atoms with E-state index in [9.17, 15) is 9.18 Å². The zero-order valence-electron chi connectivity index (χ0n) is 15.5. The van der Waals surface area contributed by atoms with E-state index in [0.29, 0.717) is 17.5 Å². The highest BCUT2D eigenvalue weighted by atomic mass is 19.1. The van der Waals surface area contributed by atoms with Gasteiger partial charge in [-0.2, -0.15) is 4.98 Å². The Kier molecular flexibility index (Phi) is 5.64. The van der Waals surface area contributed by atoms with E-state index in [0.717, 1.165) is 5.56 Å². The summed E-state index contributed by atoms with van der Waals surface area (Å²) in [6, 6.07) is 14.2. The molecule has 0 aliphatic carbocycles. The minimum Gasteiger partial charge on any atom is -0.452 e. The third kappa shape index (κ3) is 4.22. The number of rotatable bonds is 6. The quantitative estimate of drug-likeness (QED) is 0.574. The number of aromatic nitrogens is 2. The Morgan fingerprint density at radius 1 is 1.22 bits per heavy atom. The van der Waals surface area contributed by atoms with Gasteiger partial charge >= 0.3 is 5.97 Å². The molecular formula is C21H21FN2O3. The number of hydrogen-bond donors (Lipinski definition) is 0. The van der Waals surface area contributed by atoms with E-state index in [-0.39, 0.29) is 29.4 Å². The molecule has 0 saturated heterocycles. The molecule has 5 nitrogen and oxygen atoms in total. The van der Waals surface area contributed by atoms with Crippen molar-refractivity contribution in [3.8, 4) is 11.4 Å². The molecule has 1 heterocycles. The number of nitrogens with zero attached hydrogens (tertiary/aromatic N) is 2. The Balaban J connectivity index is 1.72. The molecule has 0 aliphatic rings. The number of ether oxygens (including phenoxy) is 1. The standard InChI is InChI=1S/C21H21FN2O3/c1-4-17(15-8-6-5-7-9-15)21(25)26-14(3)20-23-19(24-27-20)16-11-10-13(2)18(22)12-16/h5-12,14,17H,4H2,1-3H3. The molecule has 0 amide bonds. The highest BCUT2D eigenvalue weighted by Gasteiger charge is 2.25. The first kappa shape index (κ1) is 18.8. The van der Waals surface area contributed by atoms with Crippen LogP contribution in [0.15, 0.2) is 53.1 Å². The Bertz CT molecular complexity index is 924. The first-order valence-corrected chi connectivity index (χ1v) is 8.85. The number of aryl methyl sites for hydroxylation is 1. The van der Waals surface area contributed by atoms with Gasteiger partial charge in [-0.05, 0) is 37.5 Å². The van der Waals surface area contributed by atoms with Crippen LogP contribution < -0.4 is 0 Å². The molecule has 0 radical (unpaired) electrons. The van der Waals surface area contributed by atoms with Crippen molar-refractivity contribution >= 4 is 5.97 Å². The lowest BCUT2D eigenvalue weighted by atomic mass is 9.97. The van der Waals surface area contributed by atoms with Gasteiger partial charge in [-0.3, -0.25) is 4.79 Å². The zero-order chi connectivity index (χ0) is 19.4. The van der Waals surface area contributed by atoms with Gasteiger partial charge in [0, 0.05) is 5.56 Å². The largest absolute Gasteiger partial charge is 0.452 e. The lowest BCUT2D eigenvalue weighted by Crippen LogP contribution is -2.17. The first-order chi connectivity index (χ1) is 13.0. The fourth-order valence-electron chi connectivity index (χ4n) is 2.78. The molecule has 2 atom stereocenters. The summed E-state index contributed by atoms with van der Waals surface area (Å²) >= 11 is 0. The second-order valence-electron chi connectivity index (χ2n) is 6.37. The minimum absolute atomic E-state index is 0.169. The van der Waals surface area contributed by atoms with Gasteiger partial charge in [-0.1, -0.05) is 54.5 Å². The fourth-order valence-corrected chi connectivity index (χ4v) is 2.78. The summed E-state index contributed by atoms with van der Waals surface area (Å²) in [7, 11) is 0. The Labute approximate surface area is 157 Å². The molecule has 3 rings (SSSR count). The van der Waals surface area contributed by atoms with Gasteiger partial charge in [-0.15, -0.1) is 0 Å². The van der Waals surface area contributed by atoms with Crippen LogP contribution in [-0.4, -0.2) is 16.1 Å². The van der Waals surface area contributed by atoms with Gasteiger partial charge in [0.1, 0.15) is 5.82 Å². The molecule has 0 fully saturated rings. The van der Waals surface area contributed by atoms with Gasteiger partial charge in [-0.25, -0.2) is 4.39 Å². The SMILES string of the molecule is CCC(C(=O)OC(C)c1nc(-c2ccc(C)c(F)c2)no1)c1ccccc1. The Hall–Kier alpha value is -3.02. The van der Waals surface area contributed by atoms with Gasteiger partial charge in [0.05, 0.1) is 5.92 Å². The second kappa shape index (κ2) is 8.12. The van der Waals surface area contributed by atoms with Crippen LogP contribution in [0.25, 0.3) is 11.4 Å². The molecule has 0 aliphatic heterocycles. The molecule has 2 aromatic carbocycles. The third-order valence-corrected chi connectivity index (χ3v) is 4.41. The molecule has 0 bridgehead atoms. The van der Waals surface area contributed by atoms with Crippen molar-refractivity contribution in [1.82, 2.24) is 10.1 Å². The average molecular weight is 368 g/mol. The van der Waals surface area contributed by atoms with Crippen LogP contribution in [-0.2, 0) is 9.53 Å². The lowest BCUT2D eigenvalue weighted by Gasteiger charge is -2.16. The van der Waals surface area contributed by atoms with Crippen LogP contribution in [0.5, 0.6) is 0 Å². The third-order valence-electron chi connectivity index (χ3n) is 4.41. The van der Waals surface area contributed by atoms with Crippen molar-refractivity contribution in [2.45, 2.75) is 39.2 Å². The molecule has 27 heavy (non-hydrogen) atoms. The van der Waals surface area contributed by atoms with E-state index in [2.05, 4.69) is 10.1 Å². The summed E-state index contributed by atoms with van der Waals surface area (Å²) in [5.74, 6) is -0.629. The van der Waals surface area contributed by atoms with Crippen LogP contribution >= 0.6 is 0 Å². The lowest BCUT2D eigenvalue weighted by molar-refractivity contribution is -0.151. The molecule has 2 unspecified atom stereocenters. The fraction of sp³-hybridized carbons (Fsp3) is 0.286. The molecule has 140 valence electrons. The predicted molar refractivity (Wildman–Crippen MR) is 98.4 cm³/mol. The number of halogens is 1. The minimum atomic E-state index is -0.702. The summed E-state index contributed by atoms with van der Waals surface area (Å²) in [5.41, 5.74) is 1.94. The number of carbonyl (C=O) groups is 1. The van der Waals surface area contributed by atoms with E-state index >= 15 is 0 Å². The maximum Gasteiger partial charge on any atom is 0.314 e. The second-order valence-corrected chi connectivity index (χ2v) is 6.37. The average Bonchev–Trinajstić information content (AvgIpc) is 3.16. The van der Waals surface area contributed by atoms with Crippen molar-refractivity contribution in [3.05, 3.63) is 71.4 Å². The van der Waals surface area contributed by atoms with E-state index < -0.39 is 6.10 Å². The number of esters is 1. The van der Waals surface area contributed by atoms with Crippen LogP contribution in [0, 0.1) is 12.7 Å². The Morgan fingerprint density at radius 3 is 2.63 bits per heavy atom. The van der Waals surface area contributed by atoms with Crippen molar-refractivity contribution in [2.75, 3.05) is 0 Å². The Morgan fingerprint density at radius 2 is 1.96 bits per heavy atom. The molecule has 0 spiro atoms. The summed E-state index contributed by atoms with van der Waals surface area (Å²) in [4.78, 5) is 16.8. The predicted octanol–water partition coefficient (Wildman–Crippen LogP) is 4.98. The highest BCUT2D eigenvalue weighted by Crippen LogP contribution is 2.26. The molecule has 3 aromatic rings. The monoisotopic (exact) mass is 368 g/mol. The zero-order valence-corrected chi connectivity index (χ0v) is 15.5. The van der Waals surface area contributed by atoms with Gasteiger partial charge in [0.2, 0.25) is 5.82 Å².